The van der Waals surface area contributed by atoms with Gasteiger partial charge in [0.15, 0.2) is 0 Å². The highest BCUT2D eigenvalue weighted by Gasteiger charge is 2.06. The van der Waals surface area contributed by atoms with Crippen molar-refractivity contribution in [3.63, 3.8) is 0 Å². The summed E-state index contributed by atoms with van der Waals surface area (Å²) in [4.78, 5) is 6.63. The molecule has 0 saturated carbocycles. The van der Waals surface area contributed by atoms with E-state index in [9.17, 15) is 0 Å². The van der Waals surface area contributed by atoms with Crippen molar-refractivity contribution >= 4 is 23.9 Å². The largest absolute Gasteiger partial charge is 0.366 e. The van der Waals surface area contributed by atoms with Gasteiger partial charge >= 0.3 is 0 Å². The first kappa shape index (κ1) is 16.7. The second-order valence-corrected chi connectivity index (χ2v) is 4.71. The van der Waals surface area contributed by atoms with Gasteiger partial charge in [-0.1, -0.05) is 42.5 Å². The van der Waals surface area contributed by atoms with E-state index < -0.39 is 0 Å². The standard InChI is InChI=1S/C17H17N3.ClH/c1-20(2)17(12-14-8-4-3-5-9-14)19-16-11-7-6-10-15(16)13-18;/h3-11H,12H2,1-2H3;1H. The predicted octanol–water partition coefficient (Wildman–Crippen LogP) is 3.81. The maximum atomic E-state index is 9.13. The van der Waals surface area contributed by atoms with Crippen LogP contribution in [0.3, 0.4) is 0 Å². The molecule has 0 radical (unpaired) electrons. The van der Waals surface area contributed by atoms with Crippen LogP contribution in [0.4, 0.5) is 5.69 Å². The monoisotopic (exact) mass is 299 g/mol. The molecule has 0 aliphatic carbocycles. The van der Waals surface area contributed by atoms with Crippen molar-refractivity contribution in [2.24, 2.45) is 4.99 Å². The minimum atomic E-state index is 0. The van der Waals surface area contributed by atoms with Crippen LogP contribution in [0.2, 0.25) is 0 Å². The molecule has 0 saturated heterocycles. The van der Waals surface area contributed by atoms with Crippen LogP contribution in [0, 0.1) is 11.3 Å². The number of hydrogen-bond donors (Lipinski definition) is 0. The van der Waals surface area contributed by atoms with Crippen molar-refractivity contribution < 1.29 is 0 Å². The summed E-state index contributed by atoms with van der Waals surface area (Å²) in [5.74, 6) is 0.930. The summed E-state index contributed by atoms with van der Waals surface area (Å²) in [5, 5.41) is 9.13. The Morgan fingerprint density at radius 3 is 2.29 bits per heavy atom. The van der Waals surface area contributed by atoms with Crippen molar-refractivity contribution in [2.45, 2.75) is 6.42 Å². The van der Waals surface area contributed by atoms with E-state index in [2.05, 4.69) is 23.2 Å². The lowest BCUT2D eigenvalue weighted by molar-refractivity contribution is 0.610. The minimum absolute atomic E-state index is 0. The molecule has 2 aromatic carbocycles. The van der Waals surface area contributed by atoms with Crippen LogP contribution in [0.5, 0.6) is 0 Å². The van der Waals surface area contributed by atoms with Crippen LogP contribution >= 0.6 is 12.4 Å². The van der Waals surface area contributed by atoms with E-state index in [-0.39, 0.29) is 12.4 Å². The molecule has 0 aliphatic rings. The molecule has 0 fully saturated rings. The van der Waals surface area contributed by atoms with Gasteiger partial charge in [0.2, 0.25) is 0 Å². The third kappa shape index (κ3) is 4.62. The summed E-state index contributed by atoms with van der Waals surface area (Å²) in [6.07, 6.45) is 0.744. The molecule has 3 nitrogen and oxygen atoms in total. The lowest BCUT2D eigenvalue weighted by Crippen LogP contribution is -2.24. The van der Waals surface area contributed by atoms with E-state index in [0.29, 0.717) is 5.56 Å². The molecule has 4 heteroatoms. The van der Waals surface area contributed by atoms with Crippen molar-refractivity contribution in [3.05, 3.63) is 65.7 Å². The second-order valence-electron chi connectivity index (χ2n) is 4.71. The van der Waals surface area contributed by atoms with Crippen LogP contribution in [-0.2, 0) is 6.42 Å². The molecule has 2 rings (SSSR count). The van der Waals surface area contributed by atoms with E-state index in [4.69, 9.17) is 5.26 Å². The van der Waals surface area contributed by atoms with E-state index in [0.717, 1.165) is 17.9 Å². The van der Waals surface area contributed by atoms with Gasteiger partial charge in [-0.25, -0.2) is 4.99 Å². The van der Waals surface area contributed by atoms with Crippen LogP contribution in [0.1, 0.15) is 11.1 Å². The van der Waals surface area contributed by atoms with Gasteiger partial charge in [0, 0.05) is 20.5 Å². The Labute approximate surface area is 132 Å². The molecule has 0 N–H and O–H groups in total. The Kier molecular flexibility index (Phi) is 6.45. The molecule has 0 aliphatic heterocycles. The number of likely N-dealkylation sites (N-methyl/N-ethyl adjacent to an activating group) is 1. The smallest absolute Gasteiger partial charge is 0.109 e. The molecule has 0 bridgehead atoms. The first-order chi connectivity index (χ1) is 9.70. The SMILES string of the molecule is CN(C)C(Cc1ccccc1)=Nc1ccccc1C#N.Cl. The highest BCUT2D eigenvalue weighted by molar-refractivity contribution is 5.87. The van der Waals surface area contributed by atoms with E-state index in [1.165, 1.54) is 5.56 Å². The third-order valence-electron chi connectivity index (χ3n) is 3.00. The molecule has 0 heterocycles. The molecule has 21 heavy (non-hydrogen) atoms. The highest BCUT2D eigenvalue weighted by Crippen LogP contribution is 2.18. The molecular formula is C17H18ClN3. The lowest BCUT2D eigenvalue weighted by Gasteiger charge is -2.16. The molecule has 0 aromatic heterocycles. The Bertz CT molecular complexity index is 643. The number of aliphatic imine (C=N–C) groups is 1. The van der Waals surface area contributed by atoms with Crippen LogP contribution in [-0.4, -0.2) is 24.8 Å². The predicted molar refractivity (Wildman–Crippen MR) is 89.3 cm³/mol. The van der Waals surface area contributed by atoms with Crippen LogP contribution < -0.4 is 0 Å². The number of nitriles is 1. The van der Waals surface area contributed by atoms with Gasteiger partial charge in [-0.15, -0.1) is 12.4 Å². The average Bonchev–Trinajstić information content (AvgIpc) is 2.48. The minimum Gasteiger partial charge on any atom is -0.366 e. The van der Waals surface area contributed by atoms with Crippen molar-refractivity contribution in [1.82, 2.24) is 4.90 Å². The maximum Gasteiger partial charge on any atom is 0.109 e. The fraction of sp³-hybridized carbons (Fsp3) is 0.176. The normalized spacial score (nSPS) is 10.4. The summed E-state index contributed by atoms with van der Waals surface area (Å²) < 4.78 is 0. The van der Waals surface area contributed by atoms with Crippen LogP contribution in [0.15, 0.2) is 59.6 Å². The zero-order chi connectivity index (χ0) is 14.4. The van der Waals surface area contributed by atoms with Gasteiger partial charge in [-0.05, 0) is 17.7 Å². The Morgan fingerprint density at radius 2 is 1.67 bits per heavy atom. The topological polar surface area (TPSA) is 39.4 Å². The highest BCUT2D eigenvalue weighted by atomic mass is 35.5. The van der Waals surface area contributed by atoms with Gasteiger partial charge in [0.05, 0.1) is 11.3 Å². The Hall–Kier alpha value is -2.31. The first-order valence-corrected chi connectivity index (χ1v) is 6.48. The molecule has 0 amide bonds. The maximum absolute atomic E-state index is 9.13. The number of benzene rings is 2. The molecule has 0 atom stereocenters. The molecule has 108 valence electrons. The van der Waals surface area contributed by atoms with Gasteiger partial charge in [0.25, 0.3) is 0 Å². The zero-order valence-electron chi connectivity index (χ0n) is 12.2. The van der Waals surface area contributed by atoms with Gasteiger partial charge in [-0.2, -0.15) is 5.26 Å². The van der Waals surface area contributed by atoms with Crippen molar-refractivity contribution in [2.75, 3.05) is 14.1 Å². The number of hydrogen-bond acceptors (Lipinski definition) is 2. The number of amidine groups is 1. The zero-order valence-corrected chi connectivity index (χ0v) is 13.0. The Morgan fingerprint density at radius 1 is 1.05 bits per heavy atom. The molecule has 0 unspecified atom stereocenters. The molecule has 2 aromatic rings. The Balaban J connectivity index is 0.00000220. The summed E-state index contributed by atoms with van der Waals surface area (Å²) in [6, 6.07) is 19.8. The van der Waals surface area contributed by atoms with Crippen LogP contribution in [0.25, 0.3) is 0 Å². The quantitative estimate of drug-likeness (QED) is 0.638. The van der Waals surface area contributed by atoms with Gasteiger partial charge in [-0.3, -0.25) is 0 Å². The number of para-hydroxylation sites is 1. The van der Waals surface area contributed by atoms with E-state index >= 15 is 0 Å². The summed E-state index contributed by atoms with van der Waals surface area (Å²) in [6.45, 7) is 0. The average molecular weight is 300 g/mol. The number of rotatable bonds is 3. The van der Waals surface area contributed by atoms with E-state index in [1.807, 2.05) is 55.4 Å². The summed E-state index contributed by atoms with van der Waals surface area (Å²) in [5.41, 5.74) is 2.52. The molecular weight excluding hydrogens is 282 g/mol. The fourth-order valence-electron chi connectivity index (χ4n) is 1.88. The first-order valence-electron chi connectivity index (χ1n) is 6.48. The number of nitrogens with zero attached hydrogens (tertiary/aromatic N) is 3. The van der Waals surface area contributed by atoms with Gasteiger partial charge in [0.1, 0.15) is 11.9 Å². The van der Waals surface area contributed by atoms with Gasteiger partial charge < -0.3 is 4.90 Å². The fourth-order valence-corrected chi connectivity index (χ4v) is 1.88. The lowest BCUT2D eigenvalue weighted by atomic mass is 10.1. The van der Waals surface area contributed by atoms with Crippen molar-refractivity contribution in [3.8, 4) is 6.07 Å². The summed E-state index contributed by atoms with van der Waals surface area (Å²) >= 11 is 0. The van der Waals surface area contributed by atoms with Crippen molar-refractivity contribution in [1.29, 1.82) is 5.26 Å². The van der Waals surface area contributed by atoms with E-state index in [1.54, 1.807) is 6.07 Å². The number of halogens is 1. The molecule has 0 spiro atoms. The third-order valence-corrected chi connectivity index (χ3v) is 3.00. The second kappa shape index (κ2) is 8.08. The summed E-state index contributed by atoms with van der Waals surface area (Å²) in [7, 11) is 3.94.